The summed E-state index contributed by atoms with van der Waals surface area (Å²) in [5.41, 5.74) is 1.53. The average Bonchev–Trinajstić information content (AvgIpc) is 2.90. The summed E-state index contributed by atoms with van der Waals surface area (Å²) in [5.74, 6) is 0.663. The van der Waals surface area contributed by atoms with Crippen molar-refractivity contribution < 1.29 is 22.7 Å². The summed E-state index contributed by atoms with van der Waals surface area (Å²) in [4.78, 5) is 13.4. The zero-order chi connectivity index (χ0) is 27.3. The molecule has 0 saturated heterocycles. The van der Waals surface area contributed by atoms with Gasteiger partial charge in [-0.05, 0) is 73.7 Å². The number of benzene rings is 4. The third-order valence-electron chi connectivity index (χ3n) is 5.52. The van der Waals surface area contributed by atoms with Crippen molar-refractivity contribution in [2.24, 2.45) is 0 Å². The Labute approximate surface area is 235 Å². The van der Waals surface area contributed by atoms with E-state index in [4.69, 9.17) is 21.1 Å². The number of hydrogen-bond donors (Lipinski definition) is 1. The normalized spacial score (nSPS) is 11.1. The molecular formula is C28H24BrClN2O5S. The maximum absolute atomic E-state index is 13.6. The van der Waals surface area contributed by atoms with E-state index in [0.29, 0.717) is 28.0 Å². The molecule has 38 heavy (non-hydrogen) atoms. The molecule has 0 aromatic heterocycles. The van der Waals surface area contributed by atoms with Gasteiger partial charge < -0.3 is 14.8 Å². The number of amides is 1. The van der Waals surface area contributed by atoms with Gasteiger partial charge in [-0.15, -0.1) is 0 Å². The Morgan fingerprint density at radius 2 is 1.58 bits per heavy atom. The second-order valence-corrected chi connectivity index (χ2v) is 11.5. The minimum Gasteiger partial charge on any atom is -0.493 e. The number of ether oxygens (including phenoxy) is 2. The fourth-order valence-corrected chi connectivity index (χ4v) is 5.45. The zero-order valence-electron chi connectivity index (χ0n) is 20.5. The van der Waals surface area contributed by atoms with E-state index in [1.165, 1.54) is 25.3 Å². The number of rotatable bonds is 9. The van der Waals surface area contributed by atoms with E-state index in [-0.39, 0.29) is 10.6 Å². The van der Waals surface area contributed by atoms with Crippen LogP contribution in [-0.2, 0) is 14.8 Å². The first kappa shape index (κ1) is 27.5. The van der Waals surface area contributed by atoms with Crippen molar-refractivity contribution in [3.05, 3.63) is 106 Å². The molecule has 0 atom stereocenters. The summed E-state index contributed by atoms with van der Waals surface area (Å²) in [6.45, 7) is 1.38. The highest BCUT2D eigenvalue weighted by Crippen LogP contribution is 2.36. The molecule has 7 nitrogen and oxygen atoms in total. The van der Waals surface area contributed by atoms with E-state index in [1.807, 2.05) is 6.92 Å². The molecule has 196 valence electrons. The van der Waals surface area contributed by atoms with Gasteiger partial charge in [-0.2, -0.15) is 0 Å². The Kier molecular flexibility index (Phi) is 8.61. The van der Waals surface area contributed by atoms with Gasteiger partial charge in [0, 0.05) is 9.50 Å². The van der Waals surface area contributed by atoms with Crippen LogP contribution in [0.5, 0.6) is 17.2 Å². The minimum absolute atomic E-state index is 0.0711. The molecule has 0 heterocycles. The van der Waals surface area contributed by atoms with Crippen LogP contribution in [0, 0.1) is 6.92 Å². The van der Waals surface area contributed by atoms with Crippen LogP contribution < -0.4 is 19.1 Å². The number of halogens is 2. The van der Waals surface area contributed by atoms with Gasteiger partial charge in [-0.25, -0.2) is 8.42 Å². The van der Waals surface area contributed by atoms with Gasteiger partial charge >= 0.3 is 0 Å². The van der Waals surface area contributed by atoms with Crippen LogP contribution in [0.4, 0.5) is 11.4 Å². The molecular weight excluding hydrogens is 592 g/mol. The summed E-state index contributed by atoms with van der Waals surface area (Å²) in [5, 5.41) is 3.11. The third-order valence-corrected chi connectivity index (χ3v) is 8.07. The largest absolute Gasteiger partial charge is 0.493 e. The predicted molar refractivity (Wildman–Crippen MR) is 153 cm³/mol. The van der Waals surface area contributed by atoms with Crippen molar-refractivity contribution in [1.29, 1.82) is 0 Å². The number of nitrogens with zero attached hydrogens (tertiary/aromatic N) is 1. The van der Waals surface area contributed by atoms with Crippen LogP contribution >= 0.6 is 27.5 Å². The molecule has 0 aliphatic heterocycles. The van der Waals surface area contributed by atoms with E-state index in [0.717, 1.165) is 14.3 Å². The fourth-order valence-electron chi connectivity index (χ4n) is 3.59. The maximum Gasteiger partial charge on any atom is 0.264 e. The number of nitrogens with one attached hydrogen (secondary N) is 1. The van der Waals surface area contributed by atoms with Gasteiger partial charge in [0.05, 0.1) is 23.4 Å². The third kappa shape index (κ3) is 6.48. The van der Waals surface area contributed by atoms with Gasteiger partial charge in [0.1, 0.15) is 6.54 Å². The molecule has 0 radical (unpaired) electrons. The van der Waals surface area contributed by atoms with Crippen molar-refractivity contribution in [1.82, 2.24) is 0 Å². The predicted octanol–water partition coefficient (Wildman–Crippen LogP) is 7.05. The van der Waals surface area contributed by atoms with E-state index in [2.05, 4.69) is 21.2 Å². The number of para-hydroxylation sites is 2. The molecule has 10 heteroatoms. The molecule has 4 aromatic carbocycles. The standard InChI is InChI=1S/C28H24BrClN2O5S/c1-19-7-14-23(15-8-19)38(34,35)32(22-12-9-20(29)10-13-22)18-28(33)31-24-17-21(30)11-16-25(24)37-27-6-4-3-5-26(27)36-2/h3-17H,18H2,1-2H3,(H,31,33). The van der Waals surface area contributed by atoms with Gasteiger partial charge in [0.25, 0.3) is 10.0 Å². The smallest absolute Gasteiger partial charge is 0.264 e. The first-order valence-electron chi connectivity index (χ1n) is 11.4. The second-order valence-electron chi connectivity index (χ2n) is 8.24. The van der Waals surface area contributed by atoms with Crippen LogP contribution in [0.2, 0.25) is 5.02 Å². The topological polar surface area (TPSA) is 84.9 Å². The molecule has 0 aliphatic carbocycles. The lowest BCUT2D eigenvalue weighted by Gasteiger charge is -2.24. The number of anilines is 2. The van der Waals surface area contributed by atoms with Crippen LogP contribution in [0.15, 0.2) is 100 Å². The van der Waals surface area contributed by atoms with E-state index in [1.54, 1.807) is 72.8 Å². The summed E-state index contributed by atoms with van der Waals surface area (Å²) in [7, 11) is -2.54. The molecule has 0 bridgehead atoms. The number of carbonyl (C=O) groups is 1. The van der Waals surface area contributed by atoms with Crippen LogP contribution in [0.25, 0.3) is 0 Å². The Bertz CT molecular complexity index is 1540. The lowest BCUT2D eigenvalue weighted by atomic mass is 10.2. The number of aryl methyl sites for hydroxylation is 1. The van der Waals surface area contributed by atoms with Gasteiger partial charge in [-0.1, -0.05) is 57.4 Å². The molecule has 0 aliphatic rings. The quantitative estimate of drug-likeness (QED) is 0.218. The molecule has 0 saturated carbocycles. The molecule has 0 unspecified atom stereocenters. The highest BCUT2D eigenvalue weighted by molar-refractivity contribution is 9.10. The number of sulfonamides is 1. The summed E-state index contributed by atoms with van der Waals surface area (Å²) < 4.78 is 40.4. The molecule has 1 amide bonds. The van der Waals surface area contributed by atoms with Crippen LogP contribution in [-0.4, -0.2) is 28.0 Å². The SMILES string of the molecule is COc1ccccc1Oc1ccc(Cl)cc1NC(=O)CN(c1ccc(Br)cc1)S(=O)(=O)c1ccc(C)cc1. The highest BCUT2D eigenvalue weighted by Gasteiger charge is 2.27. The van der Waals surface area contributed by atoms with Crippen LogP contribution in [0.3, 0.4) is 0 Å². The lowest BCUT2D eigenvalue weighted by Crippen LogP contribution is -2.38. The molecule has 0 spiro atoms. The summed E-state index contributed by atoms with van der Waals surface area (Å²) in [6.07, 6.45) is 0. The molecule has 4 aromatic rings. The first-order chi connectivity index (χ1) is 18.2. The average molecular weight is 616 g/mol. The van der Waals surface area contributed by atoms with E-state index < -0.39 is 22.5 Å². The Morgan fingerprint density at radius 3 is 2.24 bits per heavy atom. The number of methoxy groups -OCH3 is 1. The second kappa shape index (κ2) is 11.9. The van der Waals surface area contributed by atoms with Crippen molar-refractivity contribution >= 4 is 54.8 Å². The lowest BCUT2D eigenvalue weighted by molar-refractivity contribution is -0.114. The van der Waals surface area contributed by atoms with Crippen molar-refractivity contribution in [3.63, 3.8) is 0 Å². The van der Waals surface area contributed by atoms with E-state index in [9.17, 15) is 13.2 Å². The number of carbonyl (C=O) groups excluding carboxylic acids is 1. The van der Waals surface area contributed by atoms with Gasteiger partial charge in [-0.3, -0.25) is 9.10 Å². The Balaban J connectivity index is 1.64. The van der Waals surface area contributed by atoms with Crippen LogP contribution in [0.1, 0.15) is 5.56 Å². The Hall–Kier alpha value is -3.53. The molecule has 1 N–H and O–H groups in total. The maximum atomic E-state index is 13.6. The zero-order valence-corrected chi connectivity index (χ0v) is 23.7. The van der Waals surface area contributed by atoms with Crippen molar-refractivity contribution in [2.45, 2.75) is 11.8 Å². The Morgan fingerprint density at radius 1 is 0.921 bits per heavy atom. The van der Waals surface area contributed by atoms with Gasteiger partial charge in [0.15, 0.2) is 17.2 Å². The molecule has 4 rings (SSSR count). The highest BCUT2D eigenvalue weighted by atomic mass is 79.9. The number of hydrogen-bond acceptors (Lipinski definition) is 5. The fraction of sp³-hybridized carbons (Fsp3) is 0.107. The monoisotopic (exact) mass is 614 g/mol. The van der Waals surface area contributed by atoms with Crippen molar-refractivity contribution in [2.75, 3.05) is 23.3 Å². The first-order valence-corrected chi connectivity index (χ1v) is 14.0. The minimum atomic E-state index is -4.06. The summed E-state index contributed by atoms with van der Waals surface area (Å²) >= 11 is 9.56. The van der Waals surface area contributed by atoms with E-state index >= 15 is 0 Å². The van der Waals surface area contributed by atoms with Gasteiger partial charge in [0.2, 0.25) is 5.91 Å². The summed E-state index contributed by atoms with van der Waals surface area (Å²) in [6, 6.07) is 25.0. The van der Waals surface area contributed by atoms with Crippen molar-refractivity contribution in [3.8, 4) is 17.2 Å². The molecule has 0 fully saturated rings.